The van der Waals surface area contributed by atoms with Crippen LogP contribution in [0, 0.1) is 0 Å². The number of aryl methyl sites for hydroxylation is 1. The number of pyridine rings is 1. The van der Waals surface area contributed by atoms with Crippen molar-refractivity contribution in [3.8, 4) is 0 Å². The topological polar surface area (TPSA) is 115 Å². The molecule has 0 atom stereocenters. The number of rotatable bonds is 5. The van der Waals surface area contributed by atoms with E-state index in [2.05, 4.69) is 30.4 Å². The third-order valence-electron chi connectivity index (χ3n) is 2.13. The number of nitrogens with one attached hydrogen (secondary N) is 2. The van der Waals surface area contributed by atoms with Crippen LogP contribution >= 0.6 is 0 Å². The lowest BCUT2D eigenvalue weighted by atomic mass is 10.4. The van der Waals surface area contributed by atoms with Gasteiger partial charge in [0.1, 0.15) is 5.82 Å². The summed E-state index contributed by atoms with van der Waals surface area (Å²) >= 11 is 0. The van der Waals surface area contributed by atoms with Crippen LogP contribution in [0.1, 0.15) is 6.92 Å². The summed E-state index contributed by atoms with van der Waals surface area (Å²) in [7, 11) is -2.21. The molecule has 0 saturated carbocycles. The molecule has 2 aromatic heterocycles. The second-order valence-corrected chi connectivity index (χ2v) is 5.30. The molecule has 10 heteroatoms. The standard InChI is InChI=1S/C9H13N7O2S/c1-3-10-8-6-7(4-5-11-8)19(17,18)14-9-12-15-16(2)13-9/h4-6H,3H2,1-2H3,(H,10,11)(H,13,14). The summed E-state index contributed by atoms with van der Waals surface area (Å²) in [5, 5.41) is 13.8. The average molecular weight is 283 g/mol. The second kappa shape index (κ2) is 5.18. The summed E-state index contributed by atoms with van der Waals surface area (Å²) in [5.41, 5.74) is 0. The smallest absolute Gasteiger partial charge is 0.277 e. The van der Waals surface area contributed by atoms with Crippen LogP contribution in [0.3, 0.4) is 0 Å². The van der Waals surface area contributed by atoms with E-state index < -0.39 is 10.0 Å². The zero-order valence-electron chi connectivity index (χ0n) is 10.4. The van der Waals surface area contributed by atoms with Gasteiger partial charge in [0.2, 0.25) is 0 Å². The van der Waals surface area contributed by atoms with Crippen molar-refractivity contribution >= 4 is 21.8 Å². The quantitative estimate of drug-likeness (QED) is 0.783. The third kappa shape index (κ3) is 3.16. The van der Waals surface area contributed by atoms with Gasteiger partial charge < -0.3 is 5.32 Å². The fourth-order valence-corrected chi connectivity index (χ4v) is 2.31. The van der Waals surface area contributed by atoms with Crippen LogP contribution in [0.5, 0.6) is 0 Å². The van der Waals surface area contributed by atoms with Crippen LogP contribution in [0.4, 0.5) is 11.8 Å². The minimum absolute atomic E-state index is 0.0749. The molecule has 2 heterocycles. The van der Waals surface area contributed by atoms with Crippen molar-refractivity contribution in [2.45, 2.75) is 11.8 Å². The summed E-state index contributed by atoms with van der Waals surface area (Å²) in [6.45, 7) is 2.54. The van der Waals surface area contributed by atoms with Gasteiger partial charge in [-0.25, -0.2) is 18.1 Å². The highest BCUT2D eigenvalue weighted by Crippen LogP contribution is 2.15. The first-order chi connectivity index (χ1) is 9.01. The van der Waals surface area contributed by atoms with Gasteiger partial charge in [-0.3, -0.25) is 0 Å². The number of aromatic nitrogens is 5. The molecule has 0 radical (unpaired) electrons. The van der Waals surface area contributed by atoms with Gasteiger partial charge in [0.05, 0.1) is 11.9 Å². The molecular weight excluding hydrogens is 270 g/mol. The van der Waals surface area contributed by atoms with Crippen molar-refractivity contribution < 1.29 is 8.42 Å². The maximum absolute atomic E-state index is 12.1. The van der Waals surface area contributed by atoms with Crippen LogP contribution in [0.15, 0.2) is 23.2 Å². The van der Waals surface area contributed by atoms with Crippen LogP contribution in [-0.4, -0.2) is 40.2 Å². The van der Waals surface area contributed by atoms with Crippen LogP contribution in [0.2, 0.25) is 0 Å². The van der Waals surface area contributed by atoms with Gasteiger partial charge in [-0.15, -0.1) is 5.10 Å². The molecule has 9 nitrogen and oxygen atoms in total. The lowest BCUT2D eigenvalue weighted by molar-refractivity contribution is 0.600. The van der Waals surface area contributed by atoms with E-state index >= 15 is 0 Å². The van der Waals surface area contributed by atoms with Crippen molar-refractivity contribution in [1.29, 1.82) is 0 Å². The van der Waals surface area contributed by atoms with E-state index in [1.165, 1.54) is 18.3 Å². The van der Waals surface area contributed by atoms with Crippen molar-refractivity contribution in [2.24, 2.45) is 7.05 Å². The van der Waals surface area contributed by atoms with Crippen LogP contribution < -0.4 is 10.0 Å². The molecule has 0 unspecified atom stereocenters. The fourth-order valence-electron chi connectivity index (χ4n) is 1.36. The van der Waals surface area contributed by atoms with E-state index in [0.29, 0.717) is 12.4 Å². The maximum atomic E-state index is 12.1. The highest BCUT2D eigenvalue weighted by Gasteiger charge is 2.17. The van der Waals surface area contributed by atoms with Crippen molar-refractivity contribution in [3.05, 3.63) is 18.3 Å². The first kappa shape index (κ1) is 13.2. The molecule has 102 valence electrons. The van der Waals surface area contributed by atoms with Crippen LogP contribution in [-0.2, 0) is 17.1 Å². The molecule has 2 N–H and O–H groups in total. The van der Waals surface area contributed by atoms with Crippen LogP contribution in [0.25, 0.3) is 0 Å². The largest absolute Gasteiger partial charge is 0.370 e. The van der Waals surface area contributed by atoms with E-state index in [0.717, 1.165) is 4.80 Å². The SMILES string of the molecule is CCNc1cc(S(=O)(=O)Nc2nnn(C)n2)ccn1. The lowest BCUT2D eigenvalue weighted by Gasteiger charge is -2.06. The molecule has 0 aliphatic heterocycles. The summed E-state index contributed by atoms with van der Waals surface area (Å²) in [5.74, 6) is 0.404. The zero-order chi connectivity index (χ0) is 13.9. The molecule has 0 bridgehead atoms. The Hall–Kier alpha value is -2.23. The number of tetrazole rings is 1. The number of nitrogens with zero attached hydrogens (tertiary/aromatic N) is 5. The molecule has 0 spiro atoms. The molecule has 0 aliphatic rings. The molecule has 0 fully saturated rings. The Bertz CT molecular complexity index is 667. The van der Waals surface area contributed by atoms with E-state index in [1.54, 1.807) is 7.05 Å². The molecule has 19 heavy (non-hydrogen) atoms. The molecule has 2 aromatic rings. The van der Waals surface area contributed by atoms with Gasteiger partial charge in [-0.1, -0.05) is 5.10 Å². The molecule has 0 aromatic carbocycles. The Labute approximate surface area is 110 Å². The molecule has 0 saturated heterocycles. The highest BCUT2D eigenvalue weighted by atomic mass is 32.2. The summed E-state index contributed by atoms with van der Waals surface area (Å²) < 4.78 is 26.4. The molecular formula is C9H13N7O2S. The Balaban J connectivity index is 2.26. The number of hydrogen-bond donors (Lipinski definition) is 2. The maximum Gasteiger partial charge on any atom is 0.277 e. The summed E-state index contributed by atoms with van der Waals surface area (Å²) in [4.78, 5) is 5.24. The Morgan fingerprint density at radius 1 is 1.42 bits per heavy atom. The monoisotopic (exact) mass is 283 g/mol. The minimum Gasteiger partial charge on any atom is -0.370 e. The predicted octanol–water partition coefficient (Wildman–Crippen LogP) is -0.162. The first-order valence-electron chi connectivity index (χ1n) is 5.48. The molecule has 2 rings (SSSR count). The molecule has 0 amide bonds. The van der Waals surface area contributed by atoms with Gasteiger partial charge in [0, 0.05) is 18.8 Å². The summed E-state index contributed by atoms with van der Waals surface area (Å²) in [6.07, 6.45) is 1.41. The van der Waals surface area contributed by atoms with Gasteiger partial charge >= 0.3 is 0 Å². The number of sulfonamides is 1. The van der Waals surface area contributed by atoms with Gasteiger partial charge in [-0.2, -0.15) is 4.80 Å². The fraction of sp³-hybridized carbons (Fsp3) is 0.333. The van der Waals surface area contributed by atoms with Crippen molar-refractivity contribution in [1.82, 2.24) is 25.2 Å². The van der Waals surface area contributed by atoms with E-state index in [1.807, 2.05) is 6.92 Å². The zero-order valence-corrected chi connectivity index (χ0v) is 11.2. The third-order valence-corrected chi connectivity index (χ3v) is 3.46. The predicted molar refractivity (Wildman–Crippen MR) is 68.0 cm³/mol. The van der Waals surface area contributed by atoms with Gasteiger partial charge in [-0.05, 0) is 18.2 Å². The van der Waals surface area contributed by atoms with Gasteiger partial charge in [0.15, 0.2) is 0 Å². The van der Waals surface area contributed by atoms with E-state index in [-0.39, 0.29) is 10.8 Å². The Kier molecular flexibility index (Phi) is 3.60. The Morgan fingerprint density at radius 2 is 2.21 bits per heavy atom. The highest BCUT2D eigenvalue weighted by molar-refractivity contribution is 7.92. The lowest BCUT2D eigenvalue weighted by Crippen LogP contribution is -2.15. The molecule has 0 aliphatic carbocycles. The van der Waals surface area contributed by atoms with Gasteiger partial charge in [0.25, 0.3) is 16.0 Å². The van der Waals surface area contributed by atoms with E-state index in [4.69, 9.17) is 0 Å². The van der Waals surface area contributed by atoms with Crippen molar-refractivity contribution in [3.63, 3.8) is 0 Å². The van der Waals surface area contributed by atoms with Crippen molar-refractivity contribution in [2.75, 3.05) is 16.6 Å². The first-order valence-corrected chi connectivity index (χ1v) is 6.96. The average Bonchev–Trinajstić information content (AvgIpc) is 2.75. The second-order valence-electron chi connectivity index (χ2n) is 3.62. The minimum atomic E-state index is -3.75. The Morgan fingerprint density at radius 3 is 2.84 bits per heavy atom. The van der Waals surface area contributed by atoms with E-state index in [9.17, 15) is 8.42 Å². The normalized spacial score (nSPS) is 11.3. The number of anilines is 2. The summed E-state index contributed by atoms with van der Waals surface area (Å²) in [6, 6.07) is 2.82. The number of hydrogen-bond acceptors (Lipinski definition) is 7.